The number of hydrogen-bond donors (Lipinski definition) is 3. The largest absolute Gasteiger partial charge is 0.481 e. The molecule has 0 saturated carbocycles. The number of ether oxygens (including phenoxy) is 1. The second kappa shape index (κ2) is 12.7. The summed E-state index contributed by atoms with van der Waals surface area (Å²) in [4.78, 5) is 62.2. The van der Waals surface area contributed by atoms with Crippen molar-refractivity contribution >= 4 is 29.3 Å². The van der Waals surface area contributed by atoms with E-state index < -0.39 is 83.3 Å². The second-order valence-electron chi connectivity index (χ2n) is 8.20. The van der Waals surface area contributed by atoms with Gasteiger partial charge in [0.05, 0.1) is 12.7 Å². The first-order valence-electron chi connectivity index (χ1n) is 11.5. The number of nitrogens with zero attached hydrogens (tertiary/aromatic N) is 1. The minimum absolute atomic E-state index is 0.0369. The summed E-state index contributed by atoms with van der Waals surface area (Å²) >= 11 is 0. The van der Waals surface area contributed by atoms with Crippen LogP contribution in [0.4, 0.5) is 23.2 Å². The third-order valence-electron chi connectivity index (χ3n) is 5.51. The zero-order valence-corrected chi connectivity index (χ0v) is 20.6. The monoisotopic (exact) mass is 567 g/mol. The highest BCUT2D eigenvalue weighted by Gasteiger charge is 2.30. The van der Waals surface area contributed by atoms with Gasteiger partial charge < -0.3 is 29.5 Å². The van der Waals surface area contributed by atoms with Crippen molar-refractivity contribution < 1.29 is 51.0 Å². The molecule has 3 aromatic rings. The first-order chi connectivity index (χ1) is 18.9. The number of hydrogen-bond acceptors (Lipinski definition) is 7. The van der Waals surface area contributed by atoms with E-state index in [9.17, 15) is 46.6 Å². The molecule has 15 heteroatoms. The van der Waals surface area contributed by atoms with E-state index >= 15 is 0 Å². The molecule has 212 valence electrons. The van der Waals surface area contributed by atoms with Crippen LogP contribution in [-0.2, 0) is 14.4 Å². The van der Waals surface area contributed by atoms with Crippen LogP contribution in [0.3, 0.4) is 0 Å². The quantitative estimate of drug-likeness (QED) is 0.223. The molecule has 0 spiro atoms. The number of ketones is 1. The highest BCUT2D eigenvalue weighted by Crippen LogP contribution is 2.26. The molecule has 2 atom stereocenters. The Morgan fingerprint density at radius 2 is 1.75 bits per heavy atom. The molecule has 0 radical (unpaired) electrons. The summed E-state index contributed by atoms with van der Waals surface area (Å²) in [5.41, 5.74) is -1.03. The number of carboxylic acids is 1. The maximum Gasteiger partial charge on any atom is 0.305 e. The molecule has 0 saturated heterocycles. The molecule has 11 nitrogen and oxygen atoms in total. The zero-order valence-electron chi connectivity index (χ0n) is 20.6. The van der Waals surface area contributed by atoms with Crippen LogP contribution < -0.4 is 20.9 Å². The number of halogens is 4. The third-order valence-corrected chi connectivity index (χ3v) is 5.51. The Bertz CT molecular complexity index is 1460. The number of carbonyl (C=O) groups is 4. The molecule has 3 rings (SSSR count). The van der Waals surface area contributed by atoms with Crippen molar-refractivity contribution in [2.75, 3.05) is 11.9 Å². The molecule has 0 aliphatic carbocycles. The van der Waals surface area contributed by atoms with Crippen LogP contribution in [0.15, 0.2) is 52.0 Å². The SMILES string of the molecule is CC[C@@H](C(=O)N[C@@H](CC(=O)O)C(=O)COc1c(F)c(F)cc(F)c1F)n1cccc(NC(=O)c2ccco2)c1=O. The second-order valence-corrected chi connectivity index (χ2v) is 8.20. The van der Waals surface area contributed by atoms with Crippen molar-refractivity contribution in [2.45, 2.75) is 31.8 Å². The Morgan fingerprint density at radius 1 is 1.07 bits per heavy atom. The van der Waals surface area contributed by atoms with Crippen LogP contribution in [0.2, 0.25) is 0 Å². The molecule has 3 N–H and O–H groups in total. The van der Waals surface area contributed by atoms with E-state index in [-0.39, 0.29) is 23.9 Å². The van der Waals surface area contributed by atoms with Gasteiger partial charge in [-0.25, -0.2) is 8.78 Å². The number of carbonyl (C=O) groups excluding carboxylic acids is 3. The predicted molar refractivity (Wildman–Crippen MR) is 128 cm³/mol. The molecule has 0 aliphatic heterocycles. The maximum atomic E-state index is 13.8. The smallest absolute Gasteiger partial charge is 0.305 e. The Balaban J connectivity index is 1.79. The van der Waals surface area contributed by atoms with Gasteiger partial charge in [-0.3, -0.25) is 24.0 Å². The average Bonchev–Trinajstić information content (AvgIpc) is 3.44. The van der Waals surface area contributed by atoms with Gasteiger partial charge in [0, 0.05) is 12.3 Å². The molecule has 0 fully saturated rings. The molecule has 1 aromatic carbocycles. The number of aromatic nitrogens is 1. The summed E-state index contributed by atoms with van der Waals surface area (Å²) in [6.07, 6.45) is 1.44. The van der Waals surface area contributed by atoms with Gasteiger partial charge in [-0.1, -0.05) is 6.92 Å². The molecule has 0 aliphatic rings. The number of nitrogens with one attached hydrogen (secondary N) is 2. The number of pyridine rings is 1. The fourth-order valence-electron chi connectivity index (χ4n) is 3.56. The normalized spacial score (nSPS) is 12.3. The van der Waals surface area contributed by atoms with Crippen LogP contribution in [-0.4, -0.2) is 45.9 Å². The molecule has 2 aromatic heterocycles. The van der Waals surface area contributed by atoms with Crippen LogP contribution in [0.25, 0.3) is 0 Å². The standard InChI is InChI=1S/C25H21F4N3O8/c1-2-16(32-7-3-5-14(25(32)38)30-24(37)18-6-4-8-39-18)23(36)31-15(10-19(34)35)17(33)11-40-22-20(28)12(26)9-13(27)21(22)29/h3-9,15-16H,2,10-11H2,1H3,(H,30,37)(H,31,36)(H,34,35)/t15-,16-/m0/s1. The summed E-state index contributed by atoms with van der Waals surface area (Å²) in [6, 6.07) is 2.24. The van der Waals surface area contributed by atoms with E-state index in [1.807, 2.05) is 0 Å². The van der Waals surface area contributed by atoms with Gasteiger partial charge in [0.2, 0.25) is 17.5 Å². The first kappa shape index (κ1) is 29.6. The van der Waals surface area contributed by atoms with E-state index in [4.69, 9.17) is 4.42 Å². The van der Waals surface area contributed by atoms with Crippen molar-refractivity contribution in [1.29, 1.82) is 0 Å². The van der Waals surface area contributed by atoms with E-state index in [0.717, 1.165) is 4.57 Å². The van der Waals surface area contributed by atoms with E-state index in [2.05, 4.69) is 15.4 Å². The molecule has 40 heavy (non-hydrogen) atoms. The molecule has 0 bridgehead atoms. The van der Waals surface area contributed by atoms with Crippen LogP contribution in [0.1, 0.15) is 36.4 Å². The lowest BCUT2D eigenvalue weighted by molar-refractivity contribution is -0.140. The number of amides is 2. The minimum Gasteiger partial charge on any atom is -0.481 e. The van der Waals surface area contributed by atoms with E-state index in [0.29, 0.717) is 0 Å². The van der Waals surface area contributed by atoms with Crippen LogP contribution >= 0.6 is 0 Å². The van der Waals surface area contributed by atoms with Crippen molar-refractivity contribution in [2.24, 2.45) is 0 Å². The summed E-state index contributed by atoms with van der Waals surface area (Å²) in [5.74, 6) is -13.6. The molecular formula is C25H21F4N3O8. The topological polar surface area (TPSA) is 157 Å². The number of Topliss-reactive ketones (excluding diaryl/α,β-unsaturated/α-hetero) is 1. The van der Waals surface area contributed by atoms with Crippen molar-refractivity contribution in [1.82, 2.24) is 9.88 Å². The van der Waals surface area contributed by atoms with Gasteiger partial charge >= 0.3 is 5.97 Å². The summed E-state index contributed by atoms with van der Waals surface area (Å²) < 4.78 is 65.0. The lowest BCUT2D eigenvalue weighted by Gasteiger charge is -2.22. The highest BCUT2D eigenvalue weighted by molar-refractivity contribution is 6.02. The van der Waals surface area contributed by atoms with E-state index in [1.165, 1.54) is 43.6 Å². The van der Waals surface area contributed by atoms with Crippen molar-refractivity contribution in [3.8, 4) is 5.75 Å². The third kappa shape index (κ3) is 6.73. The number of carboxylic acid groups (broad SMARTS) is 1. The summed E-state index contributed by atoms with van der Waals surface area (Å²) in [6.45, 7) is 0.242. The number of benzene rings is 1. The Morgan fingerprint density at radius 3 is 2.33 bits per heavy atom. The number of anilines is 1. The number of furan rings is 1. The van der Waals surface area contributed by atoms with Crippen LogP contribution in [0, 0.1) is 23.3 Å². The van der Waals surface area contributed by atoms with Crippen LogP contribution in [0.5, 0.6) is 5.75 Å². The van der Waals surface area contributed by atoms with Gasteiger partial charge in [-0.2, -0.15) is 8.78 Å². The van der Waals surface area contributed by atoms with Crippen molar-refractivity contribution in [3.63, 3.8) is 0 Å². The first-order valence-corrected chi connectivity index (χ1v) is 11.5. The predicted octanol–water partition coefficient (Wildman–Crippen LogP) is 2.81. The van der Waals surface area contributed by atoms with Gasteiger partial charge in [-0.05, 0) is 30.7 Å². The average molecular weight is 567 g/mol. The van der Waals surface area contributed by atoms with Gasteiger partial charge in [0.1, 0.15) is 24.4 Å². The number of rotatable bonds is 12. The van der Waals surface area contributed by atoms with Crippen molar-refractivity contribution in [3.05, 3.63) is 82.2 Å². The number of aliphatic carboxylic acids is 1. The highest BCUT2D eigenvalue weighted by atomic mass is 19.2. The Kier molecular flexibility index (Phi) is 9.42. The van der Waals surface area contributed by atoms with Gasteiger partial charge in [0.25, 0.3) is 11.5 Å². The molecule has 2 heterocycles. The maximum absolute atomic E-state index is 13.8. The lowest BCUT2D eigenvalue weighted by Crippen LogP contribution is -2.48. The molecule has 2 amide bonds. The van der Waals surface area contributed by atoms with Gasteiger partial charge in [-0.15, -0.1) is 0 Å². The fourth-order valence-corrected chi connectivity index (χ4v) is 3.56. The Labute approximate surface area is 222 Å². The minimum atomic E-state index is -1.92. The zero-order chi connectivity index (χ0) is 29.6. The van der Waals surface area contributed by atoms with E-state index in [1.54, 1.807) is 0 Å². The molecular weight excluding hydrogens is 546 g/mol. The fraction of sp³-hybridized carbons (Fsp3) is 0.240. The van der Waals surface area contributed by atoms with Gasteiger partial charge in [0.15, 0.2) is 28.9 Å². The summed E-state index contributed by atoms with van der Waals surface area (Å²) in [5, 5.41) is 13.7. The summed E-state index contributed by atoms with van der Waals surface area (Å²) in [7, 11) is 0. The molecule has 0 unspecified atom stereocenters. The lowest BCUT2D eigenvalue weighted by atomic mass is 10.1. The Hall–Kier alpha value is -4.95.